The van der Waals surface area contributed by atoms with E-state index in [9.17, 15) is 0 Å². The van der Waals surface area contributed by atoms with Gasteiger partial charge in [-0.15, -0.1) is 11.3 Å². The average molecular weight is 302 g/mol. The summed E-state index contributed by atoms with van der Waals surface area (Å²) in [5.41, 5.74) is 0. The van der Waals surface area contributed by atoms with Crippen LogP contribution in [0.25, 0.3) is 0 Å². The molecule has 90 valence electrons. The molecule has 0 aromatic carbocycles. The van der Waals surface area contributed by atoms with Crippen molar-refractivity contribution in [2.24, 2.45) is 11.8 Å². The van der Waals surface area contributed by atoms with E-state index < -0.39 is 0 Å². The second-order valence-corrected chi connectivity index (χ2v) is 7.24. The first-order valence-corrected chi connectivity index (χ1v) is 7.82. The van der Waals surface area contributed by atoms with E-state index in [0.717, 1.165) is 18.4 Å². The van der Waals surface area contributed by atoms with Gasteiger partial charge in [0.1, 0.15) is 0 Å². The van der Waals surface area contributed by atoms with Gasteiger partial charge in [0.2, 0.25) is 0 Å². The van der Waals surface area contributed by atoms with Gasteiger partial charge in [-0.1, -0.05) is 26.7 Å². The van der Waals surface area contributed by atoms with Crippen LogP contribution in [-0.4, -0.2) is 6.54 Å². The lowest BCUT2D eigenvalue weighted by Crippen LogP contribution is -2.28. The predicted molar refractivity (Wildman–Crippen MR) is 74.9 cm³/mol. The topological polar surface area (TPSA) is 12.0 Å². The molecule has 0 bridgehead atoms. The minimum atomic E-state index is 0.568. The molecule has 3 unspecified atom stereocenters. The Morgan fingerprint density at radius 1 is 1.50 bits per heavy atom. The summed E-state index contributed by atoms with van der Waals surface area (Å²) in [7, 11) is 0. The van der Waals surface area contributed by atoms with E-state index in [1.165, 1.54) is 27.9 Å². The summed E-state index contributed by atoms with van der Waals surface area (Å²) >= 11 is 5.44. The maximum Gasteiger partial charge on any atom is 0.0701 e. The fraction of sp³-hybridized carbons (Fsp3) is 0.692. The number of rotatable bonds is 4. The van der Waals surface area contributed by atoms with Gasteiger partial charge >= 0.3 is 0 Å². The summed E-state index contributed by atoms with van der Waals surface area (Å²) in [5, 5.41) is 3.67. The molecule has 1 heterocycles. The van der Waals surface area contributed by atoms with Crippen LogP contribution >= 0.6 is 27.3 Å². The van der Waals surface area contributed by atoms with Gasteiger partial charge < -0.3 is 5.32 Å². The average Bonchev–Trinajstić information content (AvgIpc) is 2.84. The van der Waals surface area contributed by atoms with E-state index in [1.807, 2.05) is 11.3 Å². The maximum absolute atomic E-state index is 3.67. The summed E-state index contributed by atoms with van der Waals surface area (Å²) in [6.45, 7) is 5.67. The van der Waals surface area contributed by atoms with Crippen LogP contribution in [-0.2, 0) is 0 Å². The molecule has 16 heavy (non-hydrogen) atoms. The first-order chi connectivity index (χ1) is 7.72. The van der Waals surface area contributed by atoms with Crippen LogP contribution in [0.1, 0.15) is 44.0 Å². The summed E-state index contributed by atoms with van der Waals surface area (Å²) < 4.78 is 1.25. The van der Waals surface area contributed by atoms with Crippen molar-refractivity contribution in [1.29, 1.82) is 0 Å². The quantitative estimate of drug-likeness (QED) is 0.857. The molecule has 1 aromatic rings. The highest BCUT2D eigenvalue weighted by atomic mass is 79.9. The molecular weight excluding hydrogens is 282 g/mol. The van der Waals surface area contributed by atoms with E-state index in [0.29, 0.717) is 6.04 Å². The third kappa shape index (κ3) is 2.69. The summed E-state index contributed by atoms with van der Waals surface area (Å²) in [6, 6.07) is 5.01. The standard InChI is InChI=1S/C13H20BrNS/c1-3-15-13(10-6-4-5-9(10)2)11-7-8-12(14)16-11/h7-10,13,15H,3-6H2,1-2H3. The molecule has 1 saturated carbocycles. The monoisotopic (exact) mass is 301 g/mol. The Hall–Kier alpha value is 0.140. The molecule has 1 aromatic heterocycles. The van der Waals surface area contributed by atoms with E-state index in [4.69, 9.17) is 0 Å². The third-order valence-electron chi connectivity index (χ3n) is 3.68. The van der Waals surface area contributed by atoms with Crippen molar-refractivity contribution in [2.75, 3.05) is 6.54 Å². The molecule has 3 atom stereocenters. The highest BCUT2D eigenvalue weighted by molar-refractivity contribution is 9.11. The predicted octanol–water partition coefficient (Wildman–Crippen LogP) is 4.60. The summed E-state index contributed by atoms with van der Waals surface area (Å²) in [5.74, 6) is 1.69. The Morgan fingerprint density at radius 3 is 2.81 bits per heavy atom. The van der Waals surface area contributed by atoms with Crippen LogP contribution in [0.15, 0.2) is 15.9 Å². The summed E-state index contributed by atoms with van der Waals surface area (Å²) in [4.78, 5) is 1.49. The Kier molecular flexibility index (Phi) is 4.45. The highest BCUT2D eigenvalue weighted by Crippen LogP contribution is 2.42. The van der Waals surface area contributed by atoms with Crippen molar-refractivity contribution in [3.05, 3.63) is 20.8 Å². The normalized spacial score (nSPS) is 27.2. The molecule has 0 saturated heterocycles. The number of nitrogens with one attached hydrogen (secondary N) is 1. The van der Waals surface area contributed by atoms with Gasteiger partial charge in [-0.3, -0.25) is 0 Å². The molecule has 1 aliphatic carbocycles. The zero-order chi connectivity index (χ0) is 11.5. The molecule has 1 nitrogen and oxygen atoms in total. The molecule has 0 spiro atoms. The molecule has 2 rings (SSSR count). The first-order valence-electron chi connectivity index (χ1n) is 6.21. The lowest BCUT2D eigenvalue weighted by Gasteiger charge is -2.26. The van der Waals surface area contributed by atoms with E-state index in [1.54, 1.807) is 0 Å². The van der Waals surface area contributed by atoms with E-state index in [2.05, 4.69) is 47.2 Å². The molecule has 0 radical (unpaired) electrons. The molecular formula is C13H20BrNS. The minimum Gasteiger partial charge on any atom is -0.309 e. The molecule has 1 fully saturated rings. The maximum atomic E-state index is 3.67. The van der Waals surface area contributed by atoms with Crippen molar-refractivity contribution < 1.29 is 0 Å². The number of hydrogen-bond acceptors (Lipinski definition) is 2. The van der Waals surface area contributed by atoms with Gasteiger partial charge in [0.05, 0.1) is 3.79 Å². The SMILES string of the molecule is CCNC(c1ccc(Br)s1)C1CCCC1C. The fourth-order valence-corrected chi connectivity index (χ4v) is 4.42. The van der Waals surface area contributed by atoms with Gasteiger partial charge in [0.25, 0.3) is 0 Å². The van der Waals surface area contributed by atoms with Crippen LogP contribution in [0.2, 0.25) is 0 Å². The number of hydrogen-bond donors (Lipinski definition) is 1. The first kappa shape index (κ1) is 12.6. The third-order valence-corrected chi connectivity index (χ3v) is 5.39. The Morgan fingerprint density at radius 2 is 2.31 bits per heavy atom. The highest BCUT2D eigenvalue weighted by Gasteiger charge is 2.31. The largest absolute Gasteiger partial charge is 0.309 e. The summed E-state index contributed by atoms with van der Waals surface area (Å²) in [6.07, 6.45) is 4.19. The van der Waals surface area contributed by atoms with Gasteiger partial charge in [0, 0.05) is 10.9 Å². The Balaban J connectivity index is 2.16. The molecule has 0 aliphatic heterocycles. The van der Waals surface area contributed by atoms with Crippen molar-refractivity contribution in [3.63, 3.8) is 0 Å². The smallest absolute Gasteiger partial charge is 0.0701 e. The van der Waals surface area contributed by atoms with Gasteiger partial charge in [-0.25, -0.2) is 0 Å². The van der Waals surface area contributed by atoms with Crippen LogP contribution < -0.4 is 5.32 Å². The van der Waals surface area contributed by atoms with Gasteiger partial charge in [-0.2, -0.15) is 0 Å². The lowest BCUT2D eigenvalue weighted by atomic mass is 9.89. The zero-order valence-electron chi connectivity index (χ0n) is 10.0. The van der Waals surface area contributed by atoms with E-state index >= 15 is 0 Å². The Bertz CT molecular complexity index is 336. The molecule has 3 heteroatoms. The van der Waals surface area contributed by atoms with Crippen molar-refractivity contribution in [3.8, 4) is 0 Å². The second kappa shape index (κ2) is 5.65. The van der Waals surface area contributed by atoms with Crippen LogP contribution in [0.5, 0.6) is 0 Å². The van der Waals surface area contributed by atoms with Crippen molar-refractivity contribution in [1.82, 2.24) is 5.32 Å². The zero-order valence-corrected chi connectivity index (χ0v) is 12.4. The van der Waals surface area contributed by atoms with Crippen LogP contribution in [0, 0.1) is 11.8 Å². The van der Waals surface area contributed by atoms with Gasteiger partial charge in [-0.05, 0) is 52.9 Å². The number of thiophene rings is 1. The van der Waals surface area contributed by atoms with Crippen molar-refractivity contribution in [2.45, 2.75) is 39.2 Å². The second-order valence-electron chi connectivity index (χ2n) is 4.75. The Labute approximate surface area is 111 Å². The lowest BCUT2D eigenvalue weighted by molar-refractivity contribution is 0.309. The molecule has 1 N–H and O–H groups in total. The number of halogens is 1. The minimum absolute atomic E-state index is 0.568. The molecule has 1 aliphatic rings. The van der Waals surface area contributed by atoms with E-state index in [-0.39, 0.29) is 0 Å². The van der Waals surface area contributed by atoms with Gasteiger partial charge in [0.15, 0.2) is 0 Å². The van der Waals surface area contributed by atoms with Crippen LogP contribution in [0.4, 0.5) is 0 Å². The van der Waals surface area contributed by atoms with Crippen LogP contribution in [0.3, 0.4) is 0 Å². The molecule has 0 amide bonds. The van der Waals surface area contributed by atoms with Crippen molar-refractivity contribution >= 4 is 27.3 Å². The fourth-order valence-electron chi connectivity index (χ4n) is 2.85.